The number of nitrogens with zero attached hydrogens (tertiary/aromatic N) is 3. The summed E-state index contributed by atoms with van der Waals surface area (Å²) in [7, 11) is 1.52. The molecule has 0 fully saturated rings. The van der Waals surface area contributed by atoms with Crippen LogP contribution in [0.5, 0.6) is 0 Å². The lowest BCUT2D eigenvalue weighted by Gasteiger charge is -2.05. The van der Waals surface area contributed by atoms with Crippen molar-refractivity contribution in [1.29, 1.82) is 0 Å². The lowest BCUT2D eigenvalue weighted by Crippen LogP contribution is -2.11. The highest BCUT2D eigenvalue weighted by molar-refractivity contribution is 5.86. The third-order valence-corrected chi connectivity index (χ3v) is 2.09. The fourth-order valence-electron chi connectivity index (χ4n) is 1.33. The number of carbonyl (C=O) groups is 1. The normalized spacial score (nSPS) is 10.6. The van der Waals surface area contributed by atoms with Gasteiger partial charge >= 0.3 is 5.97 Å². The standard InChI is InChI=1S/C9H14FN3O3/c1-16-6-3-7-8(9(14)15)11-12-13(7)5-2-4-10/h2-6H2,1H3,(H,14,15). The van der Waals surface area contributed by atoms with Crippen LogP contribution in [0.25, 0.3) is 0 Å². The number of aryl methyl sites for hydroxylation is 1. The Morgan fingerprint density at radius 2 is 2.38 bits per heavy atom. The van der Waals surface area contributed by atoms with Gasteiger partial charge < -0.3 is 9.84 Å². The van der Waals surface area contributed by atoms with Gasteiger partial charge in [0.1, 0.15) is 0 Å². The monoisotopic (exact) mass is 231 g/mol. The second-order valence-electron chi connectivity index (χ2n) is 3.20. The molecule has 0 aliphatic rings. The fraction of sp³-hybridized carbons (Fsp3) is 0.667. The minimum Gasteiger partial charge on any atom is -0.476 e. The average molecular weight is 231 g/mol. The van der Waals surface area contributed by atoms with Crippen LogP contribution in [0.1, 0.15) is 22.6 Å². The number of halogens is 1. The number of methoxy groups -OCH3 is 1. The van der Waals surface area contributed by atoms with E-state index in [2.05, 4.69) is 10.3 Å². The molecule has 1 aromatic heterocycles. The second-order valence-corrected chi connectivity index (χ2v) is 3.20. The summed E-state index contributed by atoms with van der Waals surface area (Å²) in [5.41, 5.74) is 0.388. The number of ether oxygens (including phenoxy) is 1. The number of hydrogen-bond donors (Lipinski definition) is 1. The van der Waals surface area contributed by atoms with Gasteiger partial charge in [0.2, 0.25) is 0 Å². The number of hydrogen-bond acceptors (Lipinski definition) is 4. The molecule has 0 saturated carbocycles. The third-order valence-electron chi connectivity index (χ3n) is 2.09. The zero-order chi connectivity index (χ0) is 12.0. The average Bonchev–Trinajstić information content (AvgIpc) is 2.66. The molecule has 1 aromatic rings. The van der Waals surface area contributed by atoms with Crippen molar-refractivity contribution in [2.75, 3.05) is 20.4 Å². The summed E-state index contributed by atoms with van der Waals surface area (Å²) in [6.07, 6.45) is 0.694. The molecule has 0 unspecified atom stereocenters. The van der Waals surface area contributed by atoms with E-state index in [-0.39, 0.29) is 5.69 Å². The zero-order valence-electron chi connectivity index (χ0n) is 9.02. The van der Waals surface area contributed by atoms with Crippen LogP contribution < -0.4 is 0 Å². The maximum Gasteiger partial charge on any atom is 0.358 e. The van der Waals surface area contributed by atoms with E-state index in [0.717, 1.165) is 0 Å². The summed E-state index contributed by atoms with van der Waals surface area (Å²) in [4.78, 5) is 10.8. The van der Waals surface area contributed by atoms with Gasteiger partial charge in [-0.3, -0.25) is 4.39 Å². The molecule has 0 saturated heterocycles. The topological polar surface area (TPSA) is 77.2 Å². The molecule has 1 rings (SSSR count). The maximum absolute atomic E-state index is 12.0. The largest absolute Gasteiger partial charge is 0.476 e. The summed E-state index contributed by atoms with van der Waals surface area (Å²) >= 11 is 0. The Hall–Kier alpha value is -1.50. The number of rotatable bonds is 7. The Balaban J connectivity index is 2.85. The summed E-state index contributed by atoms with van der Waals surface area (Å²) < 4.78 is 18.3. The quantitative estimate of drug-likeness (QED) is 0.740. The first-order valence-electron chi connectivity index (χ1n) is 4.91. The fourth-order valence-corrected chi connectivity index (χ4v) is 1.33. The van der Waals surface area contributed by atoms with E-state index in [4.69, 9.17) is 9.84 Å². The molecular formula is C9H14FN3O3. The number of alkyl halides is 1. The molecular weight excluding hydrogens is 217 g/mol. The number of aromatic nitrogens is 3. The summed E-state index contributed by atoms with van der Waals surface area (Å²) in [6.45, 7) is 0.241. The van der Waals surface area contributed by atoms with Crippen LogP contribution in [0.4, 0.5) is 4.39 Å². The van der Waals surface area contributed by atoms with Crippen molar-refractivity contribution in [3.63, 3.8) is 0 Å². The van der Waals surface area contributed by atoms with Gasteiger partial charge in [0.15, 0.2) is 5.69 Å². The van der Waals surface area contributed by atoms with Crippen molar-refractivity contribution in [3.8, 4) is 0 Å². The Morgan fingerprint density at radius 1 is 1.62 bits per heavy atom. The number of aromatic carboxylic acids is 1. The SMILES string of the molecule is COCCc1c(C(=O)O)nnn1CCCF. The van der Waals surface area contributed by atoms with E-state index in [1.807, 2.05) is 0 Å². The highest BCUT2D eigenvalue weighted by Gasteiger charge is 2.18. The first-order valence-corrected chi connectivity index (χ1v) is 4.91. The molecule has 0 aliphatic heterocycles. The van der Waals surface area contributed by atoms with Gasteiger partial charge in [-0.1, -0.05) is 5.21 Å². The molecule has 0 aliphatic carbocycles. The molecule has 0 radical (unpaired) electrons. The van der Waals surface area contributed by atoms with Gasteiger partial charge in [0.25, 0.3) is 0 Å². The van der Waals surface area contributed by atoms with Crippen molar-refractivity contribution >= 4 is 5.97 Å². The van der Waals surface area contributed by atoms with Crippen LogP contribution in [0.2, 0.25) is 0 Å². The second kappa shape index (κ2) is 6.16. The summed E-state index contributed by atoms with van der Waals surface area (Å²) in [5.74, 6) is -1.13. The van der Waals surface area contributed by atoms with Crippen molar-refractivity contribution in [2.45, 2.75) is 19.4 Å². The van der Waals surface area contributed by atoms with E-state index in [9.17, 15) is 9.18 Å². The minimum absolute atomic E-state index is 0.0871. The molecule has 0 amide bonds. The Kier molecular flexibility index (Phi) is 4.84. The van der Waals surface area contributed by atoms with Crippen LogP contribution in [-0.2, 0) is 17.7 Å². The molecule has 1 N–H and O–H groups in total. The van der Waals surface area contributed by atoms with E-state index in [1.165, 1.54) is 11.8 Å². The van der Waals surface area contributed by atoms with Gasteiger partial charge in [-0.25, -0.2) is 9.48 Å². The summed E-state index contributed by atoms with van der Waals surface area (Å²) in [5, 5.41) is 16.1. The van der Waals surface area contributed by atoms with Crippen LogP contribution >= 0.6 is 0 Å². The van der Waals surface area contributed by atoms with Crippen LogP contribution in [0.3, 0.4) is 0 Å². The highest BCUT2D eigenvalue weighted by Crippen LogP contribution is 2.07. The lowest BCUT2D eigenvalue weighted by atomic mass is 10.2. The zero-order valence-corrected chi connectivity index (χ0v) is 9.02. The van der Waals surface area contributed by atoms with Crippen molar-refractivity contribution in [3.05, 3.63) is 11.4 Å². The third kappa shape index (κ3) is 2.99. The molecule has 6 nitrogen and oxygen atoms in total. The number of carboxylic acid groups (broad SMARTS) is 1. The first-order chi connectivity index (χ1) is 7.70. The Morgan fingerprint density at radius 3 is 2.94 bits per heavy atom. The van der Waals surface area contributed by atoms with Gasteiger partial charge in [-0.2, -0.15) is 0 Å². The molecule has 0 aromatic carbocycles. The van der Waals surface area contributed by atoms with E-state index >= 15 is 0 Å². The highest BCUT2D eigenvalue weighted by atomic mass is 19.1. The maximum atomic E-state index is 12.0. The molecule has 0 bridgehead atoms. The van der Waals surface area contributed by atoms with Gasteiger partial charge in [-0.05, 0) is 6.42 Å². The first kappa shape index (κ1) is 12.6. The van der Waals surface area contributed by atoms with Crippen molar-refractivity contribution < 1.29 is 19.0 Å². The van der Waals surface area contributed by atoms with E-state index in [1.54, 1.807) is 0 Å². The van der Waals surface area contributed by atoms with Gasteiger partial charge in [0, 0.05) is 20.1 Å². The van der Waals surface area contributed by atoms with E-state index in [0.29, 0.717) is 31.7 Å². The molecule has 0 atom stereocenters. The molecule has 7 heteroatoms. The summed E-state index contributed by atoms with van der Waals surface area (Å²) in [6, 6.07) is 0. The molecule has 16 heavy (non-hydrogen) atoms. The number of carboxylic acids is 1. The smallest absolute Gasteiger partial charge is 0.358 e. The predicted molar refractivity (Wildman–Crippen MR) is 53.2 cm³/mol. The molecule has 90 valence electrons. The van der Waals surface area contributed by atoms with Gasteiger partial charge in [-0.15, -0.1) is 5.10 Å². The molecule has 1 heterocycles. The van der Waals surface area contributed by atoms with E-state index < -0.39 is 12.6 Å². The molecule has 0 spiro atoms. The van der Waals surface area contributed by atoms with Crippen LogP contribution in [-0.4, -0.2) is 46.5 Å². The minimum atomic E-state index is -1.13. The lowest BCUT2D eigenvalue weighted by molar-refractivity contribution is 0.0688. The predicted octanol–water partition coefficient (Wildman–Crippen LogP) is 0.525. The van der Waals surface area contributed by atoms with Gasteiger partial charge in [0.05, 0.1) is 19.0 Å². The Bertz CT molecular complexity index is 354. The van der Waals surface area contributed by atoms with Crippen molar-refractivity contribution in [2.24, 2.45) is 0 Å². The Labute approximate surface area is 92.0 Å². The van der Waals surface area contributed by atoms with Crippen LogP contribution in [0.15, 0.2) is 0 Å². The van der Waals surface area contributed by atoms with Crippen LogP contribution in [0, 0.1) is 0 Å². The van der Waals surface area contributed by atoms with Crippen molar-refractivity contribution in [1.82, 2.24) is 15.0 Å².